The third-order valence-electron chi connectivity index (χ3n) is 5.67. The van der Waals surface area contributed by atoms with Crippen LogP contribution in [0.2, 0.25) is 0 Å². The van der Waals surface area contributed by atoms with Gasteiger partial charge in [-0.2, -0.15) is 13.2 Å². The van der Waals surface area contributed by atoms with Gasteiger partial charge in [-0.3, -0.25) is 9.78 Å². The van der Waals surface area contributed by atoms with Gasteiger partial charge in [-0.25, -0.2) is 4.79 Å². The SMILES string of the molecule is O=C(O)C(F)(F)F.O=C(c1cccc(O)c1)N1C[C@H]2[C@@H](CCOCc3ccccn3)CO[C@H]2C1. The van der Waals surface area contributed by atoms with Gasteiger partial charge in [0.1, 0.15) is 5.75 Å². The number of aromatic hydroxyl groups is 1. The maximum Gasteiger partial charge on any atom is 0.490 e. The number of hydrogen-bond donors (Lipinski definition) is 2. The lowest BCUT2D eigenvalue weighted by molar-refractivity contribution is -0.192. The third kappa shape index (κ3) is 6.91. The number of nitrogens with zero attached hydrogens (tertiary/aromatic N) is 2. The van der Waals surface area contributed by atoms with Crippen LogP contribution in [0.15, 0.2) is 48.7 Å². The van der Waals surface area contributed by atoms with Crippen molar-refractivity contribution in [1.82, 2.24) is 9.88 Å². The van der Waals surface area contributed by atoms with Crippen molar-refractivity contribution in [2.75, 3.05) is 26.3 Å². The second-order valence-corrected chi connectivity index (χ2v) is 8.02. The molecule has 0 unspecified atom stereocenters. The van der Waals surface area contributed by atoms with Crippen LogP contribution in [-0.2, 0) is 20.9 Å². The van der Waals surface area contributed by atoms with Crippen molar-refractivity contribution in [3.8, 4) is 5.75 Å². The molecule has 0 saturated carbocycles. The average Bonchev–Trinajstić information content (AvgIpc) is 3.38. The van der Waals surface area contributed by atoms with Gasteiger partial charge in [0.25, 0.3) is 5.91 Å². The zero-order chi connectivity index (χ0) is 24.7. The summed E-state index contributed by atoms with van der Waals surface area (Å²) < 4.78 is 43.4. The predicted molar refractivity (Wildman–Crippen MR) is 113 cm³/mol. The van der Waals surface area contributed by atoms with E-state index >= 15 is 0 Å². The second kappa shape index (κ2) is 11.3. The van der Waals surface area contributed by atoms with Crippen LogP contribution in [0.3, 0.4) is 0 Å². The third-order valence-corrected chi connectivity index (χ3v) is 5.67. The number of rotatable bonds is 6. The van der Waals surface area contributed by atoms with Crippen molar-refractivity contribution >= 4 is 11.9 Å². The quantitative estimate of drug-likeness (QED) is 0.609. The van der Waals surface area contributed by atoms with E-state index in [0.29, 0.717) is 43.7 Å². The van der Waals surface area contributed by atoms with Gasteiger partial charge < -0.3 is 24.6 Å². The number of ether oxygens (including phenoxy) is 2. The van der Waals surface area contributed by atoms with E-state index in [-0.39, 0.29) is 17.8 Å². The molecule has 2 aliphatic heterocycles. The Hall–Kier alpha value is -3.18. The van der Waals surface area contributed by atoms with Crippen LogP contribution in [0.1, 0.15) is 22.5 Å². The average molecular weight is 482 g/mol. The molecule has 184 valence electrons. The largest absolute Gasteiger partial charge is 0.508 e. The highest BCUT2D eigenvalue weighted by Crippen LogP contribution is 2.36. The van der Waals surface area contributed by atoms with E-state index in [1.54, 1.807) is 24.4 Å². The number of fused-ring (bicyclic) bond motifs is 1. The molecule has 3 heterocycles. The highest BCUT2D eigenvalue weighted by molar-refractivity contribution is 5.94. The summed E-state index contributed by atoms with van der Waals surface area (Å²) in [5.74, 6) is -1.94. The van der Waals surface area contributed by atoms with Crippen LogP contribution in [0.4, 0.5) is 13.2 Å². The molecule has 8 nitrogen and oxygen atoms in total. The number of halogens is 3. The summed E-state index contributed by atoms with van der Waals surface area (Å²) in [7, 11) is 0. The van der Waals surface area contributed by atoms with Crippen LogP contribution < -0.4 is 0 Å². The zero-order valence-electron chi connectivity index (χ0n) is 18.1. The first-order chi connectivity index (χ1) is 16.1. The molecule has 0 radical (unpaired) electrons. The first kappa shape index (κ1) is 25.4. The number of likely N-dealkylation sites (tertiary alicyclic amines) is 1. The van der Waals surface area contributed by atoms with E-state index in [1.807, 2.05) is 23.1 Å². The Balaban J connectivity index is 0.000000406. The number of aromatic nitrogens is 1. The van der Waals surface area contributed by atoms with Crippen LogP contribution in [0.25, 0.3) is 0 Å². The van der Waals surface area contributed by atoms with Gasteiger partial charge in [-0.1, -0.05) is 12.1 Å². The standard InChI is InChI=1S/C21H24N2O4.C2HF3O2/c24-18-6-3-4-15(10-18)21(25)23-11-19-16(13-27-20(19)12-23)7-9-26-14-17-5-1-2-8-22-17;3-2(4,5)1(6)7/h1-6,8,10,16,19-20,24H,7,9,11-14H2;(H,6,7)/t16-,19-,20-;/m0./s1. The van der Waals surface area contributed by atoms with Crippen molar-refractivity contribution in [3.63, 3.8) is 0 Å². The zero-order valence-corrected chi connectivity index (χ0v) is 18.1. The first-order valence-corrected chi connectivity index (χ1v) is 10.6. The summed E-state index contributed by atoms with van der Waals surface area (Å²) in [4.78, 5) is 27.7. The summed E-state index contributed by atoms with van der Waals surface area (Å²) in [5.41, 5.74) is 1.45. The fourth-order valence-electron chi connectivity index (χ4n) is 3.98. The van der Waals surface area contributed by atoms with E-state index in [0.717, 1.165) is 18.7 Å². The highest BCUT2D eigenvalue weighted by Gasteiger charge is 2.45. The number of phenolic OH excluding ortho intramolecular Hbond substituents is 1. The number of hydrogen-bond acceptors (Lipinski definition) is 6. The predicted octanol–water partition coefficient (Wildman–Crippen LogP) is 3.11. The fraction of sp³-hybridized carbons (Fsp3) is 0.435. The fourth-order valence-corrected chi connectivity index (χ4v) is 3.98. The number of carbonyl (C=O) groups is 2. The lowest BCUT2D eigenvalue weighted by atomic mass is 9.91. The van der Waals surface area contributed by atoms with E-state index in [4.69, 9.17) is 19.4 Å². The van der Waals surface area contributed by atoms with Gasteiger partial charge in [0.15, 0.2) is 0 Å². The summed E-state index contributed by atoms with van der Waals surface area (Å²) in [6.45, 7) is 3.23. The number of pyridine rings is 1. The van der Waals surface area contributed by atoms with E-state index in [1.165, 1.54) is 6.07 Å². The molecular formula is C23H25F3N2O6. The smallest absolute Gasteiger partial charge is 0.490 e. The van der Waals surface area contributed by atoms with Gasteiger partial charge in [-0.15, -0.1) is 0 Å². The summed E-state index contributed by atoms with van der Waals surface area (Å²) in [5, 5.41) is 16.7. The van der Waals surface area contributed by atoms with Crippen molar-refractivity contribution in [3.05, 3.63) is 59.9 Å². The van der Waals surface area contributed by atoms with Gasteiger partial charge in [0, 0.05) is 37.4 Å². The Kier molecular flexibility index (Phi) is 8.46. The molecule has 3 atom stereocenters. The normalized spacial score (nSPS) is 21.5. The lowest BCUT2D eigenvalue weighted by Gasteiger charge is -2.20. The highest BCUT2D eigenvalue weighted by atomic mass is 19.4. The molecule has 34 heavy (non-hydrogen) atoms. The number of phenols is 1. The van der Waals surface area contributed by atoms with E-state index in [2.05, 4.69) is 4.98 Å². The van der Waals surface area contributed by atoms with Crippen molar-refractivity contribution < 1.29 is 42.4 Å². The Morgan fingerprint density at radius 2 is 1.94 bits per heavy atom. The molecule has 1 amide bonds. The number of carbonyl (C=O) groups excluding carboxylic acids is 1. The minimum atomic E-state index is -5.08. The Labute approximate surface area is 193 Å². The summed E-state index contributed by atoms with van der Waals surface area (Å²) in [6, 6.07) is 12.3. The topological polar surface area (TPSA) is 109 Å². The van der Waals surface area contributed by atoms with Crippen molar-refractivity contribution in [2.45, 2.75) is 25.3 Å². The number of benzene rings is 1. The molecule has 2 aliphatic rings. The van der Waals surface area contributed by atoms with Gasteiger partial charge in [0.05, 0.1) is 25.0 Å². The summed E-state index contributed by atoms with van der Waals surface area (Å²) >= 11 is 0. The minimum Gasteiger partial charge on any atom is -0.508 e. The lowest BCUT2D eigenvalue weighted by Crippen LogP contribution is -2.31. The summed E-state index contributed by atoms with van der Waals surface area (Å²) in [6.07, 6.45) is -2.29. The van der Waals surface area contributed by atoms with Gasteiger partial charge in [-0.05, 0) is 42.7 Å². The Bertz CT molecular complexity index is 973. The molecule has 11 heteroatoms. The molecule has 2 N–H and O–H groups in total. The monoisotopic (exact) mass is 482 g/mol. The van der Waals surface area contributed by atoms with Crippen LogP contribution in [0, 0.1) is 11.8 Å². The molecule has 1 aromatic carbocycles. The van der Waals surface area contributed by atoms with Crippen molar-refractivity contribution in [2.24, 2.45) is 11.8 Å². The molecule has 1 aromatic heterocycles. The van der Waals surface area contributed by atoms with Crippen molar-refractivity contribution in [1.29, 1.82) is 0 Å². The molecular weight excluding hydrogens is 457 g/mol. The number of aliphatic carboxylic acids is 1. The number of amides is 1. The molecule has 4 rings (SSSR count). The number of carboxylic acid groups (broad SMARTS) is 1. The van der Waals surface area contributed by atoms with Gasteiger partial charge >= 0.3 is 12.1 Å². The molecule has 2 fully saturated rings. The Morgan fingerprint density at radius 3 is 2.59 bits per heavy atom. The molecule has 0 aliphatic carbocycles. The minimum absolute atomic E-state index is 0.0472. The molecule has 0 spiro atoms. The maximum atomic E-state index is 12.7. The van der Waals surface area contributed by atoms with E-state index < -0.39 is 12.1 Å². The second-order valence-electron chi connectivity index (χ2n) is 8.02. The number of alkyl halides is 3. The maximum absolute atomic E-state index is 12.7. The van der Waals surface area contributed by atoms with Crippen LogP contribution in [0.5, 0.6) is 5.75 Å². The number of carboxylic acids is 1. The van der Waals surface area contributed by atoms with Gasteiger partial charge in [0.2, 0.25) is 0 Å². The molecule has 2 saturated heterocycles. The first-order valence-electron chi connectivity index (χ1n) is 10.6. The molecule has 2 aromatic rings. The Morgan fingerprint density at radius 1 is 1.18 bits per heavy atom. The molecule has 0 bridgehead atoms. The van der Waals surface area contributed by atoms with E-state index in [9.17, 15) is 23.1 Å². The van der Waals surface area contributed by atoms with Crippen LogP contribution >= 0.6 is 0 Å². The van der Waals surface area contributed by atoms with Crippen LogP contribution in [-0.4, -0.2) is 70.6 Å².